The van der Waals surface area contributed by atoms with Crippen LogP contribution in [0.3, 0.4) is 0 Å². The molecule has 0 unspecified atom stereocenters. The van der Waals surface area contributed by atoms with Crippen molar-refractivity contribution in [3.05, 3.63) is 97.2 Å². The second kappa shape index (κ2) is 11.8. The number of hydrogen-bond acceptors (Lipinski definition) is 5. The Bertz CT molecular complexity index is 1240. The van der Waals surface area contributed by atoms with E-state index in [4.69, 9.17) is 0 Å². The van der Waals surface area contributed by atoms with E-state index in [-0.39, 0.29) is 11.4 Å². The number of carbonyl (C=O) groups is 2. The minimum atomic E-state index is -0.610. The molecule has 0 saturated carbocycles. The van der Waals surface area contributed by atoms with Crippen molar-refractivity contribution >= 4 is 68.3 Å². The fraction of sp³-hybridized carbons (Fsp3) is 0.0800. The Labute approximate surface area is 219 Å². The molecular weight excluding hydrogens is 611 g/mol. The van der Waals surface area contributed by atoms with Crippen molar-refractivity contribution in [3.8, 4) is 5.75 Å². The number of carbonyl (C=O) groups excluding carboxylic acids is 2. The molecule has 0 atom stereocenters. The molecule has 0 radical (unpaired) electrons. The fourth-order valence-corrected chi connectivity index (χ4v) is 4.43. The minimum absolute atomic E-state index is 0.0247. The van der Waals surface area contributed by atoms with Crippen molar-refractivity contribution in [3.63, 3.8) is 0 Å². The van der Waals surface area contributed by atoms with E-state index in [0.29, 0.717) is 14.7 Å². The van der Waals surface area contributed by atoms with Gasteiger partial charge in [-0.15, -0.1) is 0 Å². The van der Waals surface area contributed by atoms with Crippen LogP contribution in [0.25, 0.3) is 6.08 Å². The van der Waals surface area contributed by atoms with Crippen LogP contribution in [0.2, 0.25) is 0 Å². The number of nitrogens with one attached hydrogen (secondary N) is 2. The van der Waals surface area contributed by atoms with Crippen molar-refractivity contribution < 1.29 is 14.7 Å². The monoisotopic (exact) mass is 632 g/mol. The zero-order valence-corrected chi connectivity index (χ0v) is 22.2. The summed E-state index contributed by atoms with van der Waals surface area (Å²) in [5.74, 6) is -0.979. The quantitative estimate of drug-likeness (QED) is 0.152. The zero-order valence-electron chi connectivity index (χ0n) is 18.4. The summed E-state index contributed by atoms with van der Waals surface area (Å²) in [5.41, 5.74) is 5.02. The van der Waals surface area contributed by atoms with Crippen LogP contribution in [0.15, 0.2) is 82.0 Å². The number of benzene rings is 3. The molecule has 0 aromatic heterocycles. The highest BCUT2D eigenvalue weighted by Crippen LogP contribution is 2.27. The van der Waals surface area contributed by atoms with E-state index in [1.807, 2.05) is 65.9 Å². The van der Waals surface area contributed by atoms with Gasteiger partial charge in [0.15, 0.2) is 0 Å². The van der Waals surface area contributed by atoms with Crippen molar-refractivity contribution in [1.82, 2.24) is 10.7 Å². The number of halogens is 2. The molecule has 0 aliphatic heterocycles. The van der Waals surface area contributed by atoms with E-state index in [0.717, 1.165) is 15.7 Å². The number of phenols is 1. The van der Waals surface area contributed by atoms with Gasteiger partial charge in [0.25, 0.3) is 11.8 Å². The third-order valence-electron chi connectivity index (χ3n) is 4.68. The zero-order chi connectivity index (χ0) is 24.7. The highest BCUT2D eigenvalue weighted by molar-refractivity contribution is 14.1. The first kappa shape index (κ1) is 25.4. The van der Waals surface area contributed by atoms with Crippen LogP contribution >= 0.6 is 38.5 Å². The van der Waals surface area contributed by atoms with Gasteiger partial charge < -0.3 is 15.3 Å². The van der Waals surface area contributed by atoms with Crippen LogP contribution in [0.1, 0.15) is 21.5 Å². The number of amides is 2. The van der Waals surface area contributed by atoms with E-state index in [2.05, 4.69) is 31.8 Å². The molecule has 0 aliphatic carbocycles. The summed E-state index contributed by atoms with van der Waals surface area (Å²) in [5, 5.41) is 16.8. The summed E-state index contributed by atoms with van der Waals surface area (Å²) in [4.78, 5) is 27.6. The molecule has 7 nitrogen and oxygen atoms in total. The van der Waals surface area contributed by atoms with Gasteiger partial charge in [-0.2, -0.15) is 5.10 Å². The van der Waals surface area contributed by atoms with Gasteiger partial charge in [0.1, 0.15) is 11.4 Å². The number of aromatic hydroxyl groups is 1. The Morgan fingerprint density at radius 2 is 1.74 bits per heavy atom. The van der Waals surface area contributed by atoms with Crippen LogP contribution in [-0.4, -0.2) is 37.2 Å². The van der Waals surface area contributed by atoms with Crippen LogP contribution in [0.4, 0.5) is 5.69 Å². The number of phenolic OH excluding ortho intramolecular Hbond substituents is 1. The average Bonchev–Trinajstić information content (AvgIpc) is 2.82. The minimum Gasteiger partial charge on any atom is -0.506 e. The van der Waals surface area contributed by atoms with Crippen molar-refractivity contribution in [2.24, 2.45) is 5.10 Å². The Kier molecular flexibility index (Phi) is 8.83. The molecule has 0 fully saturated rings. The normalized spacial score (nSPS) is 11.4. The van der Waals surface area contributed by atoms with Gasteiger partial charge in [0, 0.05) is 35.4 Å². The van der Waals surface area contributed by atoms with E-state index < -0.39 is 11.8 Å². The van der Waals surface area contributed by atoms with Crippen LogP contribution in [0, 0.1) is 3.57 Å². The smallest absolute Gasteiger partial charge is 0.287 e. The lowest BCUT2D eigenvalue weighted by Crippen LogP contribution is -2.32. The molecule has 34 heavy (non-hydrogen) atoms. The second-order valence-corrected chi connectivity index (χ2v) is 9.47. The predicted octanol–water partition coefficient (Wildman–Crippen LogP) is 4.75. The molecule has 9 heteroatoms. The molecule has 174 valence electrons. The maximum Gasteiger partial charge on any atom is 0.287 e. The lowest BCUT2D eigenvalue weighted by molar-refractivity contribution is -0.117. The summed E-state index contributed by atoms with van der Waals surface area (Å²) in [6.45, 7) is 0. The first-order valence-corrected chi connectivity index (χ1v) is 12.0. The Morgan fingerprint density at radius 1 is 1.06 bits per heavy atom. The summed E-state index contributed by atoms with van der Waals surface area (Å²) in [6, 6.07) is 19.6. The molecule has 3 aromatic carbocycles. The van der Waals surface area contributed by atoms with E-state index in [1.54, 1.807) is 48.5 Å². The largest absolute Gasteiger partial charge is 0.506 e. The van der Waals surface area contributed by atoms with Gasteiger partial charge in [-0.3, -0.25) is 9.59 Å². The molecule has 0 saturated heterocycles. The predicted molar refractivity (Wildman–Crippen MR) is 147 cm³/mol. The molecule has 3 aromatic rings. The summed E-state index contributed by atoms with van der Waals surface area (Å²) in [7, 11) is 3.87. The van der Waals surface area contributed by atoms with Gasteiger partial charge in [-0.25, -0.2) is 5.43 Å². The topological polar surface area (TPSA) is 94.0 Å². The van der Waals surface area contributed by atoms with Crippen molar-refractivity contribution in [2.45, 2.75) is 0 Å². The molecule has 0 spiro atoms. The van der Waals surface area contributed by atoms with Gasteiger partial charge in [0.2, 0.25) is 0 Å². The SMILES string of the molecule is CN(C)c1ccc(/C=C(\NC(=O)c2ccccc2)C(=O)N/N=C/c2cc(Br)cc(I)c2O)cc1. The highest BCUT2D eigenvalue weighted by atomic mass is 127. The second-order valence-electron chi connectivity index (χ2n) is 7.39. The van der Waals surface area contributed by atoms with Gasteiger partial charge >= 0.3 is 0 Å². The Balaban J connectivity index is 1.84. The third-order valence-corrected chi connectivity index (χ3v) is 5.96. The Hall–Kier alpha value is -3.18. The maximum atomic E-state index is 12.9. The van der Waals surface area contributed by atoms with E-state index in [1.165, 1.54) is 6.21 Å². The highest BCUT2D eigenvalue weighted by Gasteiger charge is 2.14. The molecule has 3 rings (SSSR count). The number of nitrogens with zero attached hydrogens (tertiary/aromatic N) is 2. The molecular formula is C25H22BrIN4O3. The molecule has 0 heterocycles. The first-order valence-electron chi connectivity index (χ1n) is 10.1. The van der Waals surface area contributed by atoms with Crippen LogP contribution in [0.5, 0.6) is 5.75 Å². The molecule has 0 aliphatic rings. The first-order chi connectivity index (χ1) is 16.2. The summed E-state index contributed by atoms with van der Waals surface area (Å²) in [6.07, 6.45) is 2.91. The average molecular weight is 633 g/mol. The lowest BCUT2D eigenvalue weighted by atomic mass is 10.1. The Morgan fingerprint density at radius 3 is 2.38 bits per heavy atom. The summed E-state index contributed by atoms with van der Waals surface area (Å²) >= 11 is 5.37. The number of hydrazone groups is 1. The maximum absolute atomic E-state index is 12.9. The van der Waals surface area contributed by atoms with Gasteiger partial charge in [0.05, 0.1) is 9.78 Å². The van der Waals surface area contributed by atoms with Crippen LogP contribution < -0.4 is 15.6 Å². The molecule has 2 amide bonds. The van der Waals surface area contributed by atoms with Crippen molar-refractivity contribution in [2.75, 3.05) is 19.0 Å². The van der Waals surface area contributed by atoms with Gasteiger partial charge in [-0.05, 0) is 70.6 Å². The fourth-order valence-electron chi connectivity index (χ4n) is 2.88. The lowest BCUT2D eigenvalue weighted by Gasteiger charge is -2.12. The van der Waals surface area contributed by atoms with Crippen molar-refractivity contribution in [1.29, 1.82) is 0 Å². The standard InChI is InChI=1S/C25H22BrIN4O3/c1-31(2)20-10-8-16(9-11-20)12-22(29-24(33)17-6-4-3-5-7-17)25(34)30-28-15-18-13-19(26)14-21(27)23(18)32/h3-15,32H,1-2H3,(H,29,33)(H,30,34)/b22-12-,28-15+. The number of hydrogen-bond donors (Lipinski definition) is 3. The summed E-state index contributed by atoms with van der Waals surface area (Å²) < 4.78 is 1.40. The van der Waals surface area contributed by atoms with Crippen LogP contribution in [-0.2, 0) is 4.79 Å². The number of anilines is 1. The molecule has 0 bridgehead atoms. The van der Waals surface area contributed by atoms with E-state index in [9.17, 15) is 14.7 Å². The third kappa shape index (κ3) is 6.91. The molecule has 3 N–H and O–H groups in total. The van der Waals surface area contributed by atoms with E-state index >= 15 is 0 Å². The van der Waals surface area contributed by atoms with Gasteiger partial charge in [-0.1, -0.05) is 46.3 Å². The number of rotatable bonds is 7.